The van der Waals surface area contributed by atoms with Crippen molar-refractivity contribution in [1.82, 2.24) is 0 Å². The summed E-state index contributed by atoms with van der Waals surface area (Å²) in [6.45, 7) is 1.62. The monoisotopic (exact) mass is 410 g/mol. The predicted octanol–water partition coefficient (Wildman–Crippen LogP) is 4.04. The molecule has 0 bridgehead atoms. The number of ether oxygens (including phenoxy) is 3. The Kier molecular flexibility index (Phi) is 6.52. The summed E-state index contributed by atoms with van der Waals surface area (Å²) < 4.78 is 29.7. The van der Waals surface area contributed by atoms with E-state index in [1.54, 1.807) is 6.92 Å². The minimum atomic E-state index is -0.728. The summed E-state index contributed by atoms with van der Waals surface area (Å²) in [6, 6.07) is 8.47. The Morgan fingerprint density at radius 2 is 1.92 bits per heavy atom. The fourth-order valence-corrected chi connectivity index (χ4v) is 2.73. The first-order valence-corrected chi connectivity index (χ1v) is 8.22. The molecule has 0 N–H and O–H groups in total. The highest BCUT2D eigenvalue weighted by atomic mass is 79.9. The Hall–Kier alpha value is -2.41. The number of hydrogen-bond donors (Lipinski definition) is 0. The summed E-state index contributed by atoms with van der Waals surface area (Å²) in [6.07, 6.45) is 0. The first-order chi connectivity index (χ1) is 12.0. The van der Waals surface area contributed by atoms with Gasteiger partial charge in [0.2, 0.25) is 5.78 Å². The van der Waals surface area contributed by atoms with Crippen LogP contribution < -0.4 is 9.47 Å². The number of esters is 1. The minimum absolute atomic E-state index is 0.124. The molecular formula is C18H16BrFO5. The lowest BCUT2D eigenvalue weighted by molar-refractivity contribution is 0.0473. The molecule has 5 nitrogen and oxygen atoms in total. The van der Waals surface area contributed by atoms with E-state index in [9.17, 15) is 14.0 Å². The van der Waals surface area contributed by atoms with Gasteiger partial charge in [-0.05, 0) is 47.1 Å². The van der Waals surface area contributed by atoms with Gasteiger partial charge in [-0.25, -0.2) is 9.18 Å². The largest absolute Gasteiger partial charge is 0.492 e. The van der Waals surface area contributed by atoms with Gasteiger partial charge in [0.1, 0.15) is 5.82 Å². The van der Waals surface area contributed by atoms with Gasteiger partial charge in [-0.2, -0.15) is 0 Å². The van der Waals surface area contributed by atoms with Crippen molar-refractivity contribution in [1.29, 1.82) is 0 Å². The first kappa shape index (κ1) is 18.9. The zero-order chi connectivity index (χ0) is 18.4. The van der Waals surface area contributed by atoms with Crippen molar-refractivity contribution in [2.75, 3.05) is 20.3 Å². The van der Waals surface area contributed by atoms with Crippen LogP contribution in [0.4, 0.5) is 4.39 Å². The van der Waals surface area contributed by atoms with Gasteiger partial charge in [0, 0.05) is 0 Å². The van der Waals surface area contributed by atoms with E-state index in [0.29, 0.717) is 22.6 Å². The van der Waals surface area contributed by atoms with E-state index in [1.807, 2.05) is 0 Å². The molecule has 7 heteroatoms. The molecule has 0 aromatic heterocycles. The molecule has 2 aromatic carbocycles. The maximum Gasteiger partial charge on any atom is 0.338 e. The number of carbonyl (C=O) groups is 2. The van der Waals surface area contributed by atoms with Gasteiger partial charge in [-0.1, -0.05) is 12.1 Å². The Bertz CT molecular complexity index is 791. The van der Waals surface area contributed by atoms with Crippen LogP contribution in [0.5, 0.6) is 11.5 Å². The summed E-state index contributed by atoms with van der Waals surface area (Å²) in [5, 5.41) is 0. The average Bonchev–Trinajstić information content (AvgIpc) is 2.59. The molecule has 0 saturated heterocycles. The number of Topliss-reactive ketones (excluding diaryl/α,β-unsaturated/α-hetero) is 1. The molecule has 0 amide bonds. The highest BCUT2D eigenvalue weighted by Gasteiger charge is 2.18. The van der Waals surface area contributed by atoms with E-state index in [-0.39, 0.29) is 11.1 Å². The lowest BCUT2D eigenvalue weighted by Gasteiger charge is -2.13. The first-order valence-electron chi connectivity index (χ1n) is 7.43. The summed E-state index contributed by atoms with van der Waals surface area (Å²) in [5.74, 6) is -1.19. The van der Waals surface area contributed by atoms with Crippen LogP contribution in [0.2, 0.25) is 0 Å². The molecule has 0 heterocycles. The lowest BCUT2D eigenvalue weighted by Crippen LogP contribution is -2.15. The smallest absolute Gasteiger partial charge is 0.338 e. The number of carbonyl (C=O) groups excluding carboxylic acids is 2. The maximum atomic E-state index is 13.6. The summed E-state index contributed by atoms with van der Waals surface area (Å²) in [5.41, 5.74) is 0.0543. The normalized spacial score (nSPS) is 10.2. The van der Waals surface area contributed by atoms with E-state index in [1.165, 1.54) is 43.5 Å². The van der Waals surface area contributed by atoms with Gasteiger partial charge in [-0.15, -0.1) is 0 Å². The number of hydrogen-bond acceptors (Lipinski definition) is 5. The zero-order valence-corrected chi connectivity index (χ0v) is 15.3. The molecular weight excluding hydrogens is 395 g/mol. The average molecular weight is 411 g/mol. The Morgan fingerprint density at radius 3 is 2.56 bits per heavy atom. The third-order valence-electron chi connectivity index (χ3n) is 3.26. The quantitative estimate of drug-likeness (QED) is 0.509. The van der Waals surface area contributed by atoms with Gasteiger partial charge in [0.15, 0.2) is 18.1 Å². The van der Waals surface area contributed by atoms with Crippen molar-refractivity contribution in [3.63, 3.8) is 0 Å². The molecule has 0 radical (unpaired) electrons. The molecule has 25 heavy (non-hydrogen) atoms. The van der Waals surface area contributed by atoms with Crippen LogP contribution in [-0.2, 0) is 4.74 Å². The molecule has 0 aliphatic heterocycles. The number of benzene rings is 2. The van der Waals surface area contributed by atoms with Crippen molar-refractivity contribution < 1.29 is 28.2 Å². The van der Waals surface area contributed by atoms with Crippen molar-refractivity contribution >= 4 is 27.7 Å². The van der Waals surface area contributed by atoms with E-state index in [2.05, 4.69) is 15.9 Å². The number of ketones is 1. The summed E-state index contributed by atoms with van der Waals surface area (Å²) in [7, 11) is 1.48. The van der Waals surface area contributed by atoms with Gasteiger partial charge < -0.3 is 14.2 Å². The van der Waals surface area contributed by atoms with Crippen LogP contribution in [0.3, 0.4) is 0 Å². The van der Waals surface area contributed by atoms with E-state index >= 15 is 0 Å². The third kappa shape index (κ3) is 4.57. The van der Waals surface area contributed by atoms with E-state index < -0.39 is 24.2 Å². The minimum Gasteiger partial charge on any atom is -0.492 e. The number of rotatable bonds is 7. The highest BCUT2D eigenvalue weighted by Crippen LogP contribution is 2.36. The summed E-state index contributed by atoms with van der Waals surface area (Å²) >= 11 is 3.29. The highest BCUT2D eigenvalue weighted by molar-refractivity contribution is 9.10. The second-order valence-corrected chi connectivity index (χ2v) is 5.76. The third-order valence-corrected chi connectivity index (χ3v) is 3.85. The molecule has 132 valence electrons. The number of methoxy groups -OCH3 is 1. The molecule has 0 aliphatic carbocycles. The fraction of sp³-hybridized carbons (Fsp3) is 0.222. The van der Waals surface area contributed by atoms with Crippen LogP contribution in [0, 0.1) is 5.82 Å². The number of halogens is 2. The molecule has 0 fully saturated rings. The SMILES string of the molecule is CCOc1cc(C(=O)OCC(=O)c2ccccc2F)cc(Br)c1OC. The summed E-state index contributed by atoms with van der Waals surface area (Å²) in [4.78, 5) is 24.2. The Labute approximate surface area is 152 Å². The van der Waals surface area contributed by atoms with Crippen molar-refractivity contribution in [3.8, 4) is 11.5 Å². The van der Waals surface area contributed by atoms with E-state index in [4.69, 9.17) is 14.2 Å². The molecule has 0 spiro atoms. The Balaban J connectivity index is 2.13. The van der Waals surface area contributed by atoms with Crippen molar-refractivity contribution in [2.24, 2.45) is 0 Å². The topological polar surface area (TPSA) is 61.8 Å². The van der Waals surface area contributed by atoms with Crippen LogP contribution in [0.25, 0.3) is 0 Å². The second-order valence-electron chi connectivity index (χ2n) is 4.90. The van der Waals surface area contributed by atoms with Gasteiger partial charge in [0.05, 0.1) is 29.3 Å². The zero-order valence-electron chi connectivity index (χ0n) is 13.7. The molecule has 0 aliphatic rings. The standard InChI is InChI=1S/C18H16BrFO5/c1-3-24-16-9-11(8-13(19)17(16)23-2)18(22)25-10-15(21)12-6-4-5-7-14(12)20/h4-9H,3,10H2,1-2H3. The maximum absolute atomic E-state index is 13.6. The van der Waals surface area contributed by atoms with Gasteiger partial charge in [0.25, 0.3) is 0 Å². The molecule has 2 rings (SSSR count). The van der Waals surface area contributed by atoms with Crippen LogP contribution in [-0.4, -0.2) is 32.1 Å². The molecule has 0 unspecified atom stereocenters. The predicted molar refractivity (Wildman–Crippen MR) is 92.9 cm³/mol. The van der Waals surface area contributed by atoms with Crippen LogP contribution in [0.15, 0.2) is 40.9 Å². The molecule has 2 aromatic rings. The molecule has 0 saturated carbocycles. The Morgan fingerprint density at radius 1 is 1.20 bits per heavy atom. The lowest BCUT2D eigenvalue weighted by atomic mass is 10.1. The van der Waals surface area contributed by atoms with Crippen molar-refractivity contribution in [2.45, 2.75) is 6.92 Å². The van der Waals surface area contributed by atoms with Gasteiger partial charge in [-0.3, -0.25) is 4.79 Å². The van der Waals surface area contributed by atoms with Gasteiger partial charge >= 0.3 is 5.97 Å². The van der Waals surface area contributed by atoms with Crippen LogP contribution in [0.1, 0.15) is 27.6 Å². The van der Waals surface area contributed by atoms with E-state index in [0.717, 1.165) is 0 Å². The second kappa shape index (κ2) is 8.62. The fourth-order valence-electron chi connectivity index (χ4n) is 2.13. The molecule has 0 atom stereocenters. The van der Waals surface area contributed by atoms with Crippen LogP contribution >= 0.6 is 15.9 Å². The van der Waals surface area contributed by atoms with Crippen molar-refractivity contribution in [3.05, 3.63) is 57.8 Å².